The van der Waals surface area contributed by atoms with E-state index in [0.717, 1.165) is 38.9 Å². The quantitative estimate of drug-likeness (QED) is 0.627. The minimum atomic E-state index is -0.413. The van der Waals surface area contributed by atoms with Crippen LogP contribution in [-0.2, 0) is 4.79 Å². The highest BCUT2D eigenvalue weighted by Gasteiger charge is 2.26. The number of amides is 3. The maximum absolute atomic E-state index is 12.2. The van der Waals surface area contributed by atoms with Crippen LogP contribution in [0, 0.1) is 0 Å². The van der Waals surface area contributed by atoms with Gasteiger partial charge in [0.25, 0.3) is 0 Å². The zero-order valence-electron chi connectivity index (χ0n) is 13.6. The van der Waals surface area contributed by atoms with E-state index < -0.39 is 6.03 Å². The number of nitrogens with one attached hydrogen (secondary N) is 3. The number of carbonyl (C=O) groups is 2. The normalized spacial score (nSPS) is 19.5. The molecule has 122 valence electrons. The predicted molar refractivity (Wildman–Crippen MR) is 84.2 cm³/mol. The number of rotatable bonds is 8. The third-order valence-corrected chi connectivity index (χ3v) is 3.92. The van der Waals surface area contributed by atoms with Crippen LogP contribution in [-0.4, -0.2) is 55.1 Å². The third-order valence-electron chi connectivity index (χ3n) is 3.92. The number of unbranched alkanes of at least 4 members (excludes halogenated alkanes) is 1. The molecule has 0 spiro atoms. The number of hydrogen-bond donors (Lipinski definition) is 3. The minimum absolute atomic E-state index is 0.227. The van der Waals surface area contributed by atoms with Gasteiger partial charge in [0, 0.05) is 19.1 Å². The van der Waals surface area contributed by atoms with Crippen LogP contribution < -0.4 is 16.0 Å². The zero-order chi connectivity index (χ0) is 15.7. The van der Waals surface area contributed by atoms with Crippen LogP contribution in [0.15, 0.2) is 0 Å². The lowest BCUT2D eigenvalue weighted by Crippen LogP contribution is -2.52. The predicted octanol–water partition coefficient (Wildman–Crippen LogP) is 1.07. The lowest BCUT2D eigenvalue weighted by atomic mass is 10.1. The molecule has 0 bridgehead atoms. The Morgan fingerprint density at radius 3 is 2.71 bits per heavy atom. The summed E-state index contributed by atoms with van der Waals surface area (Å²) >= 11 is 0. The molecule has 0 aromatic rings. The Morgan fingerprint density at radius 2 is 2.14 bits per heavy atom. The molecule has 6 nitrogen and oxygen atoms in total. The summed E-state index contributed by atoms with van der Waals surface area (Å²) in [5.41, 5.74) is 0. The van der Waals surface area contributed by atoms with E-state index in [1.165, 1.54) is 6.42 Å². The molecule has 21 heavy (non-hydrogen) atoms. The Labute approximate surface area is 128 Å². The lowest BCUT2D eigenvalue weighted by molar-refractivity contribution is -0.124. The fourth-order valence-electron chi connectivity index (χ4n) is 2.59. The highest BCUT2D eigenvalue weighted by atomic mass is 16.2. The van der Waals surface area contributed by atoms with Gasteiger partial charge in [-0.1, -0.05) is 13.3 Å². The van der Waals surface area contributed by atoms with Gasteiger partial charge in [-0.3, -0.25) is 15.0 Å². The summed E-state index contributed by atoms with van der Waals surface area (Å²) in [4.78, 5) is 25.8. The van der Waals surface area contributed by atoms with E-state index in [0.29, 0.717) is 12.6 Å². The fourth-order valence-corrected chi connectivity index (χ4v) is 2.59. The third kappa shape index (κ3) is 6.44. The van der Waals surface area contributed by atoms with Crippen molar-refractivity contribution in [1.29, 1.82) is 0 Å². The molecule has 3 N–H and O–H groups in total. The summed E-state index contributed by atoms with van der Waals surface area (Å²) in [5.74, 6) is -0.227. The van der Waals surface area contributed by atoms with Crippen LogP contribution in [0.1, 0.15) is 46.5 Å². The Balaban J connectivity index is 2.53. The highest BCUT2D eigenvalue weighted by molar-refractivity contribution is 5.96. The molecule has 0 aromatic heterocycles. The standard InChI is InChI=1S/C15H30N4O2/c1-4-6-10-19(11-13-8-7-9-17-13)12(3)14(20)18-15(21)16-5-2/h12-13,17H,4-11H2,1-3H3,(H2,16,18,20,21). The molecular formula is C15H30N4O2. The average Bonchev–Trinajstić information content (AvgIpc) is 2.95. The van der Waals surface area contributed by atoms with E-state index in [9.17, 15) is 9.59 Å². The molecule has 1 aliphatic rings. The van der Waals surface area contributed by atoms with E-state index in [1.807, 2.05) is 13.8 Å². The second-order valence-electron chi connectivity index (χ2n) is 5.67. The SMILES string of the molecule is CCCCN(CC1CCCN1)C(C)C(=O)NC(=O)NCC. The van der Waals surface area contributed by atoms with Crippen LogP contribution >= 0.6 is 0 Å². The van der Waals surface area contributed by atoms with Crippen molar-refractivity contribution < 1.29 is 9.59 Å². The molecule has 3 amide bonds. The number of imide groups is 1. The second-order valence-corrected chi connectivity index (χ2v) is 5.67. The summed E-state index contributed by atoms with van der Waals surface area (Å²) in [6.45, 7) is 9.17. The average molecular weight is 298 g/mol. The van der Waals surface area contributed by atoms with E-state index in [1.54, 1.807) is 0 Å². The van der Waals surface area contributed by atoms with Gasteiger partial charge in [0.15, 0.2) is 0 Å². The van der Waals surface area contributed by atoms with Crippen LogP contribution in [0.2, 0.25) is 0 Å². The van der Waals surface area contributed by atoms with Gasteiger partial charge < -0.3 is 10.6 Å². The van der Waals surface area contributed by atoms with Crippen molar-refractivity contribution in [2.24, 2.45) is 0 Å². The first-order valence-corrected chi connectivity index (χ1v) is 8.14. The van der Waals surface area contributed by atoms with Gasteiger partial charge in [0.05, 0.1) is 6.04 Å². The monoisotopic (exact) mass is 298 g/mol. The van der Waals surface area contributed by atoms with E-state index in [4.69, 9.17) is 0 Å². The second kappa shape index (κ2) is 9.73. The zero-order valence-corrected chi connectivity index (χ0v) is 13.6. The Kier molecular flexibility index (Phi) is 8.30. The van der Waals surface area contributed by atoms with Gasteiger partial charge in [0.2, 0.25) is 5.91 Å². The van der Waals surface area contributed by atoms with E-state index in [-0.39, 0.29) is 11.9 Å². The topological polar surface area (TPSA) is 73.5 Å². The van der Waals surface area contributed by atoms with Crippen molar-refractivity contribution in [2.75, 3.05) is 26.2 Å². The molecule has 0 aromatic carbocycles. The van der Waals surface area contributed by atoms with Crippen LogP contribution in [0.3, 0.4) is 0 Å². The summed E-state index contributed by atoms with van der Waals surface area (Å²) in [7, 11) is 0. The summed E-state index contributed by atoms with van der Waals surface area (Å²) in [6, 6.07) is -0.244. The van der Waals surface area contributed by atoms with Gasteiger partial charge in [-0.2, -0.15) is 0 Å². The molecular weight excluding hydrogens is 268 g/mol. The van der Waals surface area contributed by atoms with Crippen molar-refractivity contribution >= 4 is 11.9 Å². The number of hydrogen-bond acceptors (Lipinski definition) is 4. The molecule has 1 rings (SSSR count). The van der Waals surface area contributed by atoms with Gasteiger partial charge in [0.1, 0.15) is 0 Å². The maximum atomic E-state index is 12.2. The largest absolute Gasteiger partial charge is 0.338 e. The van der Waals surface area contributed by atoms with E-state index >= 15 is 0 Å². The molecule has 1 aliphatic heterocycles. The number of carbonyl (C=O) groups excluding carboxylic acids is 2. The van der Waals surface area contributed by atoms with Gasteiger partial charge >= 0.3 is 6.03 Å². The van der Waals surface area contributed by atoms with Crippen molar-refractivity contribution in [3.63, 3.8) is 0 Å². The van der Waals surface area contributed by atoms with Crippen molar-refractivity contribution in [2.45, 2.75) is 58.5 Å². The highest BCUT2D eigenvalue weighted by Crippen LogP contribution is 2.10. The van der Waals surface area contributed by atoms with Gasteiger partial charge in [-0.15, -0.1) is 0 Å². The first-order chi connectivity index (χ1) is 10.1. The van der Waals surface area contributed by atoms with Crippen molar-refractivity contribution in [1.82, 2.24) is 20.9 Å². The van der Waals surface area contributed by atoms with Crippen LogP contribution in [0.4, 0.5) is 4.79 Å². The molecule has 6 heteroatoms. The summed E-state index contributed by atoms with van der Waals surface area (Å²) in [6.07, 6.45) is 4.52. The molecule has 2 atom stereocenters. The lowest BCUT2D eigenvalue weighted by Gasteiger charge is -2.30. The Hall–Kier alpha value is -1.14. The molecule has 0 saturated carbocycles. The van der Waals surface area contributed by atoms with Gasteiger partial charge in [-0.25, -0.2) is 4.79 Å². The van der Waals surface area contributed by atoms with Crippen molar-refractivity contribution in [3.8, 4) is 0 Å². The molecule has 1 saturated heterocycles. The smallest absolute Gasteiger partial charge is 0.321 e. The van der Waals surface area contributed by atoms with Crippen LogP contribution in [0.25, 0.3) is 0 Å². The number of nitrogens with zero attached hydrogens (tertiary/aromatic N) is 1. The maximum Gasteiger partial charge on any atom is 0.321 e. The molecule has 1 fully saturated rings. The molecule has 0 aliphatic carbocycles. The first kappa shape index (κ1) is 17.9. The molecule has 2 unspecified atom stereocenters. The van der Waals surface area contributed by atoms with Crippen molar-refractivity contribution in [3.05, 3.63) is 0 Å². The molecule has 1 heterocycles. The summed E-state index contributed by atoms with van der Waals surface area (Å²) in [5, 5.41) is 8.46. The van der Waals surface area contributed by atoms with Gasteiger partial charge in [-0.05, 0) is 46.2 Å². The minimum Gasteiger partial charge on any atom is -0.338 e. The van der Waals surface area contributed by atoms with E-state index in [2.05, 4.69) is 27.8 Å². The Morgan fingerprint density at radius 1 is 1.38 bits per heavy atom. The fraction of sp³-hybridized carbons (Fsp3) is 0.867. The van der Waals surface area contributed by atoms with Crippen LogP contribution in [0.5, 0.6) is 0 Å². The molecule has 0 radical (unpaired) electrons. The summed E-state index contributed by atoms with van der Waals surface area (Å²) < 4.78 is 0. The first-order valence-electron chi connectivity index (χ1n) is 8.14. The Bertz CT molecular complexity index is 330. The number of urea groups is 1.